The maximum Gasteiger partial charge on any atom is 0.416 e. The van der Waals surface area contributed by atoms with Crippen molar-refractivity contribution in [1.29, 1.82) is 0 Å². The summed E-state index contributed by atoms with van der Waals surface area (Å²) in [6, 6.07) is 23.3. The van der Waals surface area contributed by atoms with E-state index < -0.39 is 41.4 Å². The first-order valence-corrected chi connectivity index (χ1v) is 17.1. The molecule has 4 rings (SSSR count). The molecule has 12 nitrogen and oxygen atoms in total. The second-order valence-electron chi connectivity index (χ2n) is 11.8. The number of alkyl halides is 6. The molecule has 0 saturated carbocycles. The predicted octanol–water partition coefficient (Wildman–Crippen LogP) is 7.66. The van der Waals surface area contributed by atoms with Crippen molar-refractivity contribution >= 4 is 35.2 Å². The van der Waals surface area contributed by atoms with Crippen molar-refractivity contribution in [3.05, 3.63) is 142 Å². The zero-order valence-corrected chi connectivity index (χ0v) is 32.1. The van der Waals surface area contributed by atoms with E-state index in [2.05, 4.69) is 31.3 Å². The zero-order chi connectivity index (χ0) is 42.9. The van der Waals surface area contributed by atoms with Crippen LogP contribution in [-0.2, 0) is 47.9 Å². The summed E-state index contributed by atoms with van der Waals surface area (Å²) in [6.45, 7) is 3.11. The molecule has 4 aromatic rings. The fraction of sp³-hybridized carbons (Fsp3) is 0.250. The molecule has 4 aromatic carbocycles. The third-order valence-electron chi connectivity index (χ3n) is 7.86. The highest BCUT2D eigenvalue weighted by Crippen LogP contribution is 2.32. The molecule has 0 aliphatic rings. The van der Waals surface area contributed by atoms with Crippen molar-refractivity contribution in [2.45, 2.75) is 38.9 Å². The Morgan fingerprint density at radius 2 is 1.24 bits per heavy atom. The van der Waals surface area contributed by atoms with Gasteiger partial charge in [0, 0.05) is 36.3 Å². The van der Waals surface area contributed by atoms with E-state index in [0.29, 0.717) is 33.4 Å². The van der Waals surface area contributed by atoms with Crippen LogP contribution in [0.25, 0.3) is 0 Å². The highest BCUT2D eigenvalue weighted by molar-refractivity contribution is 6.46. The second-order valence-corrected chi connectivity index (χ2v) is 11.8. The molecule has 0 fully saturated rings. The number of nitrogens with zero attached hydrogens (tertiary/aromatic N) is 4. The van der Waals surface area contributed by atoms with Crippen molar-refractivity contribution in [1.82, 2.24) is 10.6 Å². The summed E-state index contributed by atoms with van der Waals surface area (Å²) in [5.74, 6) is -0.895. The van der Waals surface area contributed by atoms with E-state index >= 15 is 0 Å². The van der Waals surface area contributed by atoms with Crippen LogP contribution in [0, 0.1) is 0 Å². The lowest BCUT2D eigenvalue weighted by atomic mass is 10.0. The number of nitrogens with one attached hydrogen (secondary N) is 2. The van der Waals surface area contributed by atoms with E-state index in [4.69, 9.17) is 19.4 Å². The number of carbonyl (C=O) groups is 2. The first-order chi connectivity index (χ1) is 27.5. The number of halogens is 6. The minimum absolute atomic E-state index is 0.0216. The average molecular weight is 815 g/mol. The fourth-order valence-electron chi connectivity index (χ4n) is 4.93. The minimum atomic E-state index is -4.44. The SMILES string of the molecule is CNC(=O)/C(=N/OC)c1ccccc1/C=N/OC(C)c1cccc(C(F)(F)F)c1.CNC(=O)C(=NOC)c1ccccc1CO/N=C(\C)c1cccc(C(F)(F)F)c1. The lowest BCUT2D eigenvalue weighted by Gasteiger charge is -2.13. The first-order valence-electron chi connectivity index (χ1n) is 17.1. The van der Waals surface area contributed by atoms with Gasteiger partial charge in [0.05, 0.1) is 23.1 Å². The van der Waals surface area contributed by atoms with Gasteiger partial charge in [0.2, 0.25) is 0 Å². The second kappa shape index (κ2) is 21.5. The Hall–Kier alpha value is -6.72. The fourth-order valence-corrected chi connectivity index (χ4v) is 4.93. The summed E-state index contributed by atoms with van der Waals surface area (Å²) in [4.78, 5) is 44.2. The topological polar surface area (TPSA) is 145 Å². The van der Waals surface area contributed by atoms with E-state index in [9.17, 15) is 35.9 Å². The number of carbonyl (C=O) groups excluding carboxylic acids is 2. The number of hydrogen-bond acceptors (Lipinski definition) is 10. The van der Waals surface area contributed by atoms with Gasteiger partial charge in [-0.3, -0.25) is 9.59 Å². The van der Waals surface area contributed by atoms with Crippen LogP contribution in [0.1, 0.15) is 64.5 Å². The lowest BCUT2D eigenvalue weighted by molar-refractivity contribution is -0.138. The summed E-state index contributed by atoms with van der Waals surface area (Å²) in [5.41, 5.74) is 1.55. The quantitative estimate of drug-likeness (QED) is 0.0761. The summed E-state index contributed by atoms with van der Waals surface area (Å²) in [5, 5.41) is 20.2. The van der Waals surface area contributed by atoms with Gasteiger partial charge < -0.3 is 30.0 Å². The smallest absolute Gasteiger partial charge is 0.398 e. The summed E-state index contributed by atoms with van der Waals surface area (Å²) in [6.07, 6.45) is -8.23. The molecule has 0 bridgehead atoms. The zero-order valence-electron chi connectivity index (χ0n) is 32.1. The molecule has 308 valence electrons. The van der Waals surface area contributed by atoms with Crippen LogP contribution in [0.15, 0.2) is 118 Å². The molecule has 0 radical (unpaired) electrons. The van der Waals surface area contributed by atoms with Gasteiger partial charge in [-0.1, -0.05) is 93.4 Å². The van der Waals surface area contributed by atoms with Gasteiger partial charge in [0.25, 0.3) is 11.8 Å². The molecule has 0 aromatic heterocycles. The number of oxime groups is 4. The maximum absolute atomic E-state index is 12.9. The molecule has 58 heavy (non-hydrogen) atoms. The van der Waals surface area contributed by atoms with E-state index in [1.54, 1.807) is 62.4 Å². The Morgan fingerprint density at radius 1 is 0.707 bits per heavy atom. The predicted molar refractivity (Wildman–Crippen MR) is 205 cm³/mol. The molecular formula is C40H40F6N6O6. The maximum atomic E-state index is 12.9. The number of rotatable bonds is 14. The standard InChI is InChI=1S/2C20H20F3N3O3/c1-13(14-8-6-9-16(11-14)20(21,22)23)25-29-12-15-7-4-5-10-17(15)18(26-28-3)19(27)24-2;1-13(14-8-6-9-16(11-14)20(21,22)23)29-25-12-15-7-4-5-10-17(15)18(26-28-3)19(27)24-2/h4-11H,12H2,1-3H3,(H,24,27);4-13H,1-3H3,(H,24,27)/b25-13+,26-18?;25-12+,26-18+. The van der Waals surface area contributed by atoms with Gasteiger partial charge in [0.1, 0.15) is 26.9 Å². The highest BCUT2D eigenvalue weighted by atomic mass is 19.4. The summed E-state index contributed by atoms with van der Waals surface area (Å²) in [7, 11) is 5.57. The molecule has 2 amide bonds. The Kier molecular flexibility index (Phi) is 17.0. The molecule has 0 saturated heterocycles. The molecule has 0 spiro atoms. The molecule has 1 unspecified atom stereocenters. The molecule has 2 N–H and O–H groups in total. The van der Waals surface area contributed by atoms with Crippen molar-refractivity contribution < 1.29 is 55.3 Å². The molecule has 0 heterocycles. The first kappa shape index (κ1) is 45.7. The van der Waals surface area contributed by atoms with Crippen LogP contribution in [-0.4, -0.2) is 63.5 Å². The van der Waals surface area contributed by atoms with Gasteiger partial charge in [-0.25, -0.2) is 0 Å². The summed E-state index contributed by atoms with van der Waals surface area (Å²) < 4.78 is 77.1. The molecule has 1 atom stereocenters. The van der Waals surface area contributed by atoms with Crippen molar-refractivity contribution in [2.24, 2.45) is 20.6 Å². The van der Waals surface area contributed by atoms with Crippen molar-refractivity contribution in [2.75, 3.05) is 28.3 Å². The number of benzene rings is 4. The van der Waals surface area contributed by atoms with E-state index in [1.807, 2.05) is 0 Å². The van der Waals surface area contributed by atoms with E-state index in [0.717, 1.165) is 24.3 Å². The van der Waals surface area contributed by atoms with E-state index in [1.165, 1.54) is 58.8 Å². The van der Waals surface area contributed by atoms with Gasteiger partial charge in [-0.05, 0) is 49.2 Å². The van der Waals surface area contributed by atoms with Gasteiger partial charge in [-0.15, -0.1) is 0 Å². The van der Waals surface area contributed by atoms with Crippen LogP contribution >= 0.6 is 0 Å². The Balaban J connectivity index is 0.000000310. The number of likely N-dealkylation sites (N-methyl/N-ethyl adjacent to an activating group) is 2. The third-order valence-corrected chi connectivity index (χ3v) is 7.86. The lowest BCUT2D eigenvalue weighted by Crippen LogP contribution is -2.29. The van der Waals surface area contributed by atoms with Crippen molar-refractivity contribution in [3.63, 3.8) is 0 Å². The molecular weight excluding hydrogens is 774 g/mol. The summed E-state index contributed by atoms with van der Waals surface area (Å²) >= 11 is 0. The van der Waals surface area contributed by atoms with Crippen LogP contribution in [0.3, 0.4) is 0 Å². The van der Waals surface area contributed by atoms with Crippen molar-refractivity contribution in [3.8, 4) is 0 Å². The largest absolute Gasteiger partial charge is 0.416 e. The van der Waals surface area contributed by atoms with Gasteiger partial charge >= 0.3 is 12.4 Å². The van der Waals surface area contributed by atoms with Crippen LogP contribution in [0.4, 0.5) is 26.3 Å². The Bertz CT molecular complexity index is 2140. The Morgan fingerprint density at radius 3 is 1.83 bits per heavy atom. The number of amides is 2. The monoisotopic (exact) mass is 814 g/mol. The Labute approximate surface area is 330 Å². The van der Waals surface area contributed by atoms with Crippen LogP contribution in [0.5, 0.6) is 0 Å². The molecule has 0 aliphatic carbocycles. The molecule has 18 heteroatoms. The van der Waals surface area contributed by atoms with Crippen LogP contribution in [0.2, 0.25) is 0 Å². The van der Waals surface area contributed by atoms with E-state index in [-0.39, 0.29) is 23.7 Å². The normalized spacial score (nSPS) is 12.9. The minimum Gasteiger partial charge on any atom is -0.398 e. The molecule has 0 aliphatic heterocycles. The third kappa shape index (κ3) is 13.2. The van der Waals surface area contributed by atoms with Crippen LogP contribution < -0.4 is 10.6 Å². The van der Waals surface area contributed by atoms with Gasteiger partial charge in [-0.2, -0.15) is 26.3 Å². The highest BCUT2D eigenvalue weighted by Gasteiger charge is 2.31. The average Bonchev–Trinajstić information content (AvgIpc) is 3.21. The van der Waals surface area contributed by atoms with Gasteiger partial charge in [0.15, 0.2) is 11.4 Å². The number of hydrogen-bond donors (Lipinski definition) is 2.